The van der Waals surface area contributed by atoms with Crippen molar-refractivity contribution in [2.45, 2.75) is 0 Å². The second-order valence-corrected chi connectivity index (χ2v) is 3.89. The average Bonchev–Trinajstić information content (AvgIpc) is 2.43. The van der Waals surface area contributed by atoms with Crippen LogP contribution in [0.1, 0.15) is 10.4 Å². The number of carbonyl (C=O) groups excluding carboxylic acids is 3. The molecule has 0 aromatic carbocycles. The number of hydrogen-bond donors (Lipinski definition) is 0. The Hall–Kier alpha value is -2.50. The number of nitrogens with zero attached hydrogens (tertiary/aromatic N) is 3. The molecular formula is C13H15N3O3. The molecular weight excluding hydrogens is 246 g/mol. The summed E-state index contributed by atoms with van der Waals surface area (Å²) < 4.78 is 0. The van der Waals surface area contributed by atoms with Crippen LogP contribution in [0.2, 0.25) is 0 Å². The predicted octanol–water partition coefficient (Wildman–Crippen LogP) is 0.501. The Labute approximate surface area is 111 Å². The number of hydrogen-bond acceptors (Lipinski definition) is 4. The molecule has 1 aromatic rings. The van der Waals surface area contributed by atoms with E-state index in [0.717, 1.165) is 11.0 Å². The molecule has 19 heavy (non-hydrogen) atoms. The summed E-state index contributed by atoms with van der Waals surface area (Å²) in [6, 6.07) is 3.15. The standard InChI is InChI=1S/C13H15N3O3/c1-4-11(18)16(8-9-17)12-10(6-5-7-14-12)13(19)15(2)3/h4-7,9H,1,8H2,2-3H3. The first-order valence-electron chi connectivity index (χ1n) is 5.57. The van der Waals surface area contributed by atoms with Crippen molar-refractivity contribution in [1.29, 1.82) is 0 Å². The first-order valence-corrected chi connectivity index (χ1v) is 5.57. The molecule has 0 fully saturated rings. The van der Waals surface area contributed by atoms with Crippen LogP contribution in [-0.2, 0) is 9.59 Å². The predicted molar refractivity (Wildman–Crippen MR) is 70.9 cm³/mol. The third-order valence-corrected chi connectivity index (χ3v) is 2.38. The van der Waals surface area contributed by atoms with E-state index in [9.17, 15) is 14.4 Å². The fourth-order valence-electron chi connectivity index (χ4n) is 1.49. The molecule has 0 aliphatic heterocycles. The fraction of sp³-hybridized carbons (Fsp3) is 0.231. The van der Waals surface area contributed by atoms with E-state index >= 15 is 0 Å². The third-order valence-electron chi connectivity index (χ3n) is 2.38. The van der Waals surface area contributed by atoms with Gasteiger partial charge in [-0.2, -0.15) is 0 Å². The summed E-state index contributed by atoms with van der Waals surface area (Å²) in [6.07, 6.45) is 3.10. The van der Waals surface area contributed by atoms with E-state index in [1.165, 1.54) is 11.1 Å². The zero-order valence-electron chi connectivity index (χ0n) is 10.9. The minimum absolute atomic E-state index is 0.151. The number of amides is 2. The summed E-state index contributed by atoms with van der Waals surface area (Å²) >= 11 is 0. The van der Waals surface area contributed by atoms with Crippen molar-refractivity contribution in [3.8, 4) is 0 Å². The normalized spacial score (nSPS) is 9.58. The largest absolute Gasteiger partial charge is 0.345 e. The van der Waals surface area contributed by atoms with Crippen LogP contribution < -0.4 is 4.90 Å². The minimum Gasteiger partial charge on any atom is -0.345 e. The number of carbonyl (C=O) groups is 3. The highest BCUT2D eigenvalue weighted by atomic mass is 16.2. The number of anilines is 1. The van der Waals surface area contributed by atoms with E-state index < -0.39 is 5.91 Å². The van der Waals surface area contributed by atoms with E-state index in [4.69, 9.17) is 0 Å². The van der Waals surface area contributed by atoms with Crippen molar-refractivity contribution in [3.63, 3.8) is 0 Å². The van der Waals surface area contributed by atoms with Crippen molar-refractivity contribution in [3.05, 3.63) is 36.5 Å². The fourth-order valence-corrected chi connectivity index (χ4v) is 1.49. The monoisotopic (exact) mass is 261 g/mol. The third kappa shape index (κ3) is 3.25. The van der Waals surface area contributed by atoms with E-state index in [1.807, 2.05) is 0 Å². The van der Waals surface area contributed by atoms with E-state index in [0.29, 0.717) is 6.29 Å². The lowest BCUT2D eigenvalue weighted by molar-refractivity contribution is -0.116. The van der Waals surface area contributed by atoms with E-state index in [-0.39, 0.29) is 23.8 Å². The molecule has 2 amide bonds. The lowest BCUT2D eigenvalue weighted by atomic mass is 10.2. The molecule has 0 atom stereocenters. The topological polar surface area (TPSA) is 70.6 Å². The Morgan fingerprint density at radius 1 is 1.42 bits per heavy atom. The molecule has 100 valence electrons. The molecule has 0 aliphatic carbocycles. The maximum absolute atomic E-state index is 12.0. The molecule has 1 aromatic heterocycles. The minimum atomic E-state index is -0.487. The van der Waals surface area contributed by atoms with Gasteiger partial charge in [-0.05, 0) is 18.2 Å². The SMILES string of the molecule is C=CC(=O)N(CC=O)c1ncccc1C(=O)N(C)C. The van der Waals surface area contributed by atoms with Crippen LogP contribution in [0.5, 0.6) is 0 Å². The van der Waals surface area contributed by atoms with Crippen LogP contribution in [0.4, 0.5) is 5.82 Å². The molecule has 1 heterocycles. The highest BCUT2D eigenvalue weighted by Gasteiger charge is 2.21. The van der Waals surface area contributed by atoms with E-state index in [1.54, 1.807) is 26.2 Å². The van der Waals surface area contributed by atoms with Gasteiger partial charge in [0.25, 0.3) is 11.8 Å². The molecule has 0 bridgehead atoms. The van der Waals surface area contributed by atoms with Gasteiger partial charge in [-0.3, -0.25) is 14.5 Å². The van der Waals surface area contributed by atoms with Crippen LogP contribution in [0.3, 0.4) is 0 Å². The summed E-state index contributed by atoms with van der Waals surface area (Å²) in [5.74, 6) is -0.632. The van der Waals surface area contributed by atoms with Crippen molar-refractivity contribution < 1.29 is 14.4 Å². The molecule has 0 radical (unpaired) electrons. The maximum atomic E-state index is 12.0. The van der Waals surface area contributed by atoms with Crippen LogP contribution in [0, 0.1) is 0 Å². The number of rotatable bonds is 5. The molecule has 6 heteroatoms. The zero-order chi connectivity index (χ0) is 14.4. The number of aromatic nitrogens is 1. The van der Waals surface area contributed by atoms with Gasteiger partial charge in [0, 0.05) is 20.3 Å². The maximum Gasteiger partial charge on any atom is 0.257 e. The quantitative estimate of drug-likeness (QED) is 0.571. The van der Waals surface area contributed by atoms with Gasteiger partial charge in [0.05, 0.1) is 12.1 Å². The van der Waals surface area contributed by atoms with Crippen molar-refractivity contribution in [2.75, 3.05) is 25.5 Å². The summed E-state index contributed by atoms with van der Waals surface area (Å²) in [4.78, 5) is 40.9. The van der Waals surface area contributed by atoms with Gasteiger partial charge in [-0.1, -0.05) is 6.58 Å². The van der Waals surface area contributed by atoms with Crippen molar-refractivity contribution in [1.82, 2.24) is 9.88 Å². The van der Waals surface area contributed by atoms with Crippen LogP contribution in [-0.4, -0.2) is 48.6 Å². The second-order valence-electron chi connectivity index (χ2n) is 3.89. The molecule has 0 aliphatic rings. The van der Waals surface area contributed by atoms with Crippen molar-refractivity contribution >= 4 is 23.9 Å². The van der Waals surface area contributed by atoms with Crippen LogP contribution >= 0.6 is 0 Å². The second kappa shape index (κ2) is 6.44. The van der Waals surface area contributed by atoms with E-state index in [2.05, 4.69) is 11.6 Å². The molecule has 0 unspecified atom stereocenters. The van der Waals surface area contributed by atoms with Gasteiger partial charge >= 0.3 is 0 Å². The Balaban J connectivity index is 3.30. The van der Waals surface area contributed by atoms with Gasteiger partial charge in [-0.15, -0.1) is 0 Å². The zero-order valence-corrected chi connectivity index (χ0v) is 10.9. The number of aldehydes is 1. The highest BCUT2D eigenvalue weighted by molar-refractivity contribution is 6.07. The van der Waals surface area contributed by atoms with Gasteiger partial charge in [0.15, 0.2) is 0 Å². The lowest BCUT2D eigenvalue weighted by Crippen LogP contribution is -2.34. The molecule has 0 saturated heterocycles. The Morgan fingerprint density at radius 2 is 2.11 bits per heavy atom. The summed E-state index contributed by atoms with van der Waals surface area (Å²) in [7, 11) is 3.19. The van der Waals surface area contributed by atoms with Gasteiger partial charge in [0.2, 0.25) is 0 Å². The number of pyridine rings is 1. The van der Waals surface area contributed by atoms with Crippen LogP contribution in [0.15, 0.2) is 31.0 Å². The molecule has 0 saturated carbocycles. The summed E-state index contributed by atoms with van der Waals surface area (Å²) in [6.45, 7) is 3.18. The molecule has 0 N–H and O–H groups in total. The summed E-state index contributed by atoms with van der Waals surface area (Å²) in [5, 5.41) is 0. The molecule has 1 rings (SSSR count). The van der Waals surface area contributed by atoms with Gasteiger partial charge in [0.1, 0.15) is 12.1 Å². The van der Waals surface area contributed by atoms with Crippen molar-refractivity contribution in [2.24, 2.45) is 0 Å². The highest BCUT2D eigenvalue weighted by Crippen LogP contribution is 2.18. The first-order chi connectivity index (χ1) is 9.02. The first kappa shape index (κ1) is 14.6. The smallest absolute Gasteiger partial charge is 0.257 e. The lowest BCUT2D eigenvalue weighted by Gasteiger charge is -2.21. The summed E-state index contributed by atoms with van der Waals surface area (Å²) in [5.41, 5.74) is 0.254. The van der Waals surface area contributed by atoms with Crippen LogP contribution in [0.25, 0.3) is 0 Å². The Kier molecular flexibility index (Phi) is 4.93. The molecule has 0 spiro atoms. The Bertz CT molecular complexity index is 512. The van der Waals surface area contributed by atoms with Gasteiger partial charge in [-0.25, -0.2) is 4.98 Å². The molecule has 6 nitrogen and oxygen atoms in total. The average molecular weight is 261 g/mol. The Morgan fingerprint density at radius 3 is 2.63 bits per heavy atom. The van der Waals surface area contributed by atoms with Gasteiger partial charge < -0.3 is 9.69 Å².